The number of hydrogen-bond donors (Lipinski definition) is 2. The molecule has 0 radical (unpaired) electrons. The second-order valence-corrected chi connectivity index (χ2v) is 6.13. The maximum atomic E-state index is 10.1. The topological polar surface area (TPSA) is 49.5 Å². The molecule has 0 bridgehead atoms. The molecule has 0 aromatic heterocycles. The van der Waals surface area contributed by atoms with Gasteiger partial charge in [0.15, 0.2) is 0 Å². The molecule has 3 nitrogen and oxygen atoms in total. The molecule has 1 aromatic rings. The van der Waals surface area contributed by atoms with Crippen molar-refractivity contribution in [3.05, 3.63) is 35.4 Å². The molecule has 1 heterocycles. The predicted octanol–water partition coefficient (Wildman–Crippen LogP) is 2.06. The van der Waals surface area contributed by atoms with Crippen LogP contribution in [0, 0.1) is 0 Å². The Kier molecular flexibility index (Phi) is 4.55. The van der Waals surface area contributed by atoms with E-state index in [0.717, 1.165) is 44.5 Å². The summed E-state index contributed by atoms with van der Waals surface area (Å²) in [5, 5.41) is 10.1. The van der Waals surface area contributed by atoms with Gasteiger partial charge in [-0.2, -0.15) is 0 Å². The van der Waals surface area contributed by atoms with Crippen LogP contribution in [0.15, 0.2) is 24.3 Å². The minimum absolute atomic E-state index is 0.442. The lowest BCUT2D eigenvalue weighted by Gasteiger charge is -2.22. The van der Waals surface area contributed by atoms with Gasteiger partial charge in [-0.1, -0.05) is 36.5 Å². The third-order valence-corrected chi connectivity index (χ3v) is 4.04. The molecule has 2 rings (SSSR count). The van der Waals surface area contributed by atoms with Crippen molar-refractivity contribution in [3.8, 4) is 0 Å². The molecule has 0 amide bonds. The van der Waals surface area contributed by atoms with Gasteiger partial charge in [-0.3, -0.25) is 4.90 Å². The van der Waals surface area contributed by atoms with Crippen molar-refractivity contribution in [1.29, 1.82) is 0 Å². The molecular formula is C15H22N2OS. The molecule has 1 aliphatic heterocycles. The quantitative estimate of drug-likeness (QED) is 0.831. The zero-order valence-corrected chi connectivity index (χ0v) is 12.2. The van der Waals surface area contributed by atoms with E-state index in [2.05, 4.69) is 17.0 Å². The minimum atomic E-state index is -0.496. The number of benzene rings is 1. The second-order valence-electron chi connectivity index (χ2n) is 5.69. The van der Waals surface area contributed by atoms with Gasteiger partial charge in [0.05, 0.1) is 5.60 Å². The van der Waals surface area contributed by atoms with Crippen LogP contribution in [0.3, 0.4) is 0 Å². The average Bonchev–Trinajstić information content (AvgIpc) is 2.52. The zero-order chi connectivity index (χ0) is 13.9. The van der Waals surface area contributed by atoms with Crippen molar-refractivity contribution in [3.63, 3.8) is 0 Å². The monoisotopic (exact) mass is 278 g/mol. The third kappa shape index (κ3) is 4.27. The molecule has 0 aliphatic carbocycles. The summed E-state index contributed by atoms with van der Waals surface area (Å²) in [6.07, 6.45) is 2.79. The molecule has 19 heavy (non-hydrogen) atoms. The van der Waals surface area contributed by atoms with Crippen LogP contribution in [-0.4, -0.2) is 33.7 Å². The number of rotatable bonds is 3. The Hall–Kier alpha value is -0.970. The van der Waals surface area contributed by atoms with Gasteiger partial charge in [0.1, 0.15) is 4.99 Å². The van der Waals surface area contributed by atoms with E-state index in [1.165, 1.54) is 5.56 Å². The smallest absolute Gasteiger partial charge is 0.103 e. The first-order valence-electron chi connectivity index (χ1n) is 6.80. The lowest BCUT2D eigenvalue weighted by Crippen LogP contribution is -2.28. The average molecular weight is 278 g/mol. The molecule has 1 aromatic carbocycles. The van der Waals surface area contributed by atoms with E-state index in [1.54, 1.807) is 0 Å². The van der Waals surface area contributed by atoms with Crippen molar-refractivity contribution in [2.45, 2.75) is 38.3 Å². The standard InChI is InChI=1S/C15H22N2OS/c1-15(18)7-2-9-17(10-8-15)11-12-3-5-13(6-4-12)14(16)19/h3-6,18H,2,7-11H2,1H3,(H2,16,19). The van der Waals surface area contributed by atoms with Crippen molar-refractivity contribution in [2.24, 2.45) is 5.73 Å². The van der Waals surface area contributed by atoms with E-state index >= 15 is 0 Å². The Morgan fingerprint density at radius 1 is 1.32 bits per heavy atom. The summed E-state index contributed by atoms with van der Waals surface area (Å²) in [6.45, 7) is 4.86. The number of aliphatic hydroxyl groups is 1. The van der Waals surface area contributed by atoms with Crippen LogP contribution in [0.4, 0.5) is 0 Å². The summed E-state index contributed by atoms with van der Waals surface area (Å²) in [7, 11) is 0. The largest absolute Gasteiger partial charge is 0.390 e. The fourth-order valence-electron chi connectivity index (χ4n) is 2.51. The van der Waals surface area contributed by atoms with E-state index in [1.807, 2.05) is 19.1 Å². The molecule has 1 atom stereocenters. The molecule has 3 N–H and O–H groups in total. The highest BCUT2D eigenvalue weighted by atomic mass is 32.1. The van der Waals surface area contributed by atoms with Gasteiger partial charge >= 0.3 is 0 Å². The summed E-state index contributed by atoms with van der Waals surface area (Å²) in [5.41, 5.74) is 7.28. The number of nitrogens with two attached hydrogens (primary N) is 1. The molecule has 1 aliphatic rings. The fraction of sp³-hybridized carbons (Fsp3) is 0.533. The van der Waals surface area contributed by atoms with Crippen LogP contribution in [0.1, 0.15) is 37.3 Å². The van der Waals surface area contributed by atoms with Gasteiger partial charge in [0, 0.05) is 18.7 Å². The van der Waals surface area contributed by atoms with Gasteiger partial charge in [0.2, 0.25) is 0 Å². The predicted molar refractivity (Wildman–Crippen MR) is 82.1 cm³/mol. The van der Waals surface area contributed by atoms with Crippen molar-refractivity contribution in [2.75, 3.05) is 13.1 Å². The zero-order valence-electron chi connectivity index (χ0n) is 11.4. The Bertz CT molecular complexity index is 442. The van der Waals surface area contributed by atoms with Gasteiger partial charge in [-0.15, -0.1) is 0 Å². The summed E-state index contributed by atoms with van der Waals surface area (Å²) in [4.78, 5) is 2.84. The molecule has 1 saturated heterocycles. The summed E-state index contributed by atoms with van der Waals surface area (Å²) < 4.78 is 0. The maximum Gasteiger partial charge on any atom is 0.103 e. The first-order chi connectivity index (χ1) is 8.96. The van der Waals surface area contributed by atoms with Crippen LogP contribution >= 0.6 is 12.2 Å². The Labute approximate surface area is 120 Å². The van der Waals surface area contributed by atoms with Gasteiger partial charge in [-0.05, 0) is 38.3 Å². The lowest BCUT2D eigenvalue weighted by molar-refractivity contribution is 0.0444. The number of thiocarbonyl (C=S) groups is 1. The van der Waals surface area contributed by atoms with Crippen LogP contribution in [-0.2, 0) is 6.54 Å². The van der Waals surface area contributed by atoms with Crippen molar-refractivity contribution in [1.82, 2.24) is 4.90 Å². The highest BCUT2D eigenvalue weighted by Gasteiger charge is 2.24. The SMILES string of the molecule is CC1(O)CCCN(Cc2ccc(C(N)=S)cc2)CC1. The Balaban J connectivity index is 1.95. The van der Waals surface area contributed by atoms with E-state index in [0.29, 0.717) is 4.99 Å². The molecule has 0 spiro atoms. The van der Waals surface area contributed by atoms with E-state index in [-0.39, 0.29) is 0 Å². The third-order valence-electron chi connectivity index (χ3n) is 3.80. The molecule has 104 valence electrons. The molecule has 1 unspecified atom stereocenters. The van der Waals surface area contributed by atoms with Crippen LogP contribution in [0.2, 0.25) is 0 Å². The van der Waals surface area contributed by atoms with Crippen molar-refractivity contribution >= 4 is 17.2 Å². The van der Waals surface area contributed by atoms with Crippen LogP contribution < -0.4 is 5.73 Å². The lowest BCUT2D eigenvalue weighted by atomic mass is 9.98. The Morgan fingerprint density at radius 2 is 2.00 bits per heavy atom. The van der Waals surface area contributed by atoms with E-state index in [9.17, 15) is 5.11 Å². The summed E-state index contributed by atoms with van der Waals surface area (Å²) in [6, 6.07) is 8.12. The second kappa shape index (κ2) is 5.99. The van der Waals surface area contributed by atoms with E-state index < -0.39 is 5.60 Å². The number of hydrogen-bond acceptors (Lipinski definition) is 3. The highest BCUT2D eigenvalue weighted by Crippen LogP contribution is 2.22. The first-order valence-corrected chi connectivity index (χ1v) is 7.21. The highest BCUT2D eigenvalue weighted by molar-refractivity contribution is 7.80. The molecular weight excluding hydrogens is 256 g/mol. The normalized spacial score (nSPS) is 24.9. The minimum Gasteiger partial charge on any atom is -0.390 e. The van der Waals surface area contributed by atoms with Gasteiger partial charge < -0.3 is 10.8 Å². The van der Waals surface area contributed by atoms with Crippen molar-refractivity contribution < 1.29 is 5.11 Å². The molecule has 4 heteroatoms. The van der Waals surface area contributed by atoms with Gasteiger partial charge in [0.25, 0.3) is 0 Å². The summed E-state index contributed by atoms with van der Waals surface area (Å²) >= 11 is 4.95. The maximum absolute atomic E-state index is 10.1. The fourth-order valence-corrected chi connectivity index (χ4v) is 2.65. The Morgan fingerprint density at radius 3 is 2.63 bits per heavy atom. The van der Waals surface area contributed by atoms with Crippen LogP contribution in [0.25, 0.3) is 0 Å². The van der Waals surface area contributed by atoms with E-state index in [4.69, 9.17) is 18.0 Å². The molecule has 0 saturated carbocycles. The van der Waals surface area contributed by atoms with Gasteiger partial charge in [-0.25, -0.2) is 0 Å². The summed E-state index contributed by atoms with van der Waals surface area (Å²) in [5.74, 6) is 0. The number of likely N-dealkylation sites (tertiary alicyclic amines) is 1. The number of nitrogens with zero attached hydrogens (tertiary/aromatic N) is 1. The van der Waals surface area contributed by atoms with Crippen LogP contribution in [0.5, 0.6) is 0 Å². The molecule has 1 fully saturated rings. The first kappa shape index (κ1) is 14.4.